The van der Waals surface area contributed by atoms with Gasteiger partial charge in [0, 0.05) is 11.0 Å². The van der Waals surface area contributed by atoms with Crippen molar-refractivity contribution in [3.05, 3.63) is 83.9 Å². The maximum atomic E-state index is 12.7. The van der Waals surface area contributed by atoms with Crippen molar-refractivity contribution in [2.75, 3.05) is 0 Å². The summed E-state index contributed by atoms with van der Waals surface area (Å²) in [4.78, 5) is 12.7. The van der Waals surface area contributed by atoms with Gasteiger partial charge in [-0.05, 0) is 23.3 Å². The first-order valence-electron chi connectivity index (χ1n) is 9.36. The smallest absolute Gasteiger partial charge is 0.408 e. The molecule has 0 aliphatic carbocycles. The van der Waals surface area contributed by atoms with Gasteiger partial charge in [0.15, 0.2) is 0 Å². The van der Waals surface area contributed by atoms with Gasteiger partial charge in [-0.2, -0.15) is 0 Å². The summed E-state index contributed by atoms with van der Waals surface area (Å²) in [5.41, 5.74) is 1.84. The second kappa shape index (κ2) is 7.83. The molecule has 0 heterocycles. The molecule has 27 heavy (non-hydrogen) atoms. The van der Waals surface area contributed by atoms with Gasteiger partial charge < -0.3 is 10.1 Å². The van der Waals surface area contributed by atoms with Crippen molar-refractivity contribution < 1.29 is 9.53 Å². The van der Waals surface area contributed by atoms with Crippen LogP contribution in [0.1, 0.15) is 51.0 Å². The molecule has 3 aromatic rings. The third kappa shape index (κ3) is 4.48. The van der Waals surface area contributed by atoms with Crippen molar-refractivity contribution in [1.29, 1.82) is 0 Å². The average Bonchev–Trinajstić information content (AvgIpc) is 2.65. The highest BCUT2D eigenvalue weighted by Gasteiger charge is 2.31. The van der Waals surface area contributed by atoms with Crippen LogP contribution in [0.5, 0.6) is 0 Å². The van der Waals surface area contributed by atoms with Crippen LogP contribution in [-0.4, -0.2) is 6.09 Å². The van der Waals surface area contributed by atoms with Crippen molar-refractivity contribution in [3.8, 4) is 0 Å². The Morgan fingerprint density at radius 2 is 1.52 bits per heavy atom. The summed E-state index contributed by atoms with van der Waals surface area (Å²) in [6.07, 6.45) is -0.759. The summed E-state index contributed by atoms with van der Waals surface area (Å²) in [6, 6.07) is 24.1. The fourth-order valence-corrected chi connectivity index (χ4v) is 3.33. The van der Waals surface area contributed by atoms with Crippen LogP contribution in [0.15, 0.2) is 72.8 Å². The van der Waals surface area contributed by atoms with E-state index in [1.165, 1.54) is 0 Å². The van der Waals surface area contributed by atoms with E-state index in [2.05, 4.69) is 44.3 Å². The van der Waals surface area contributed by atoms with Crippen LogP contribution in [0.4, 0.5) is 4.79 Å². The number of alkyl carbamates (subject to hydrolysis) is 1. The Hall–Kier alpha value is -2.81. The van der Waals surface area contributed by atoms with Gasteiger partial charge in [-0.25, -0.2) is 4.79 Å². The minimum absolute atomic E-state index is 0.119. The van der Waals surface area contributed by atoms with Crippen molar-refractivity contribution in [2.24, 2.45) is 5.41 Å². The number of amides is 1. The molecule has 0 aliphatic heterocycles. The van der Waals surface area contributed by atoms with Gasteiger partial charge in [0.25, 0.3) is 0 Å². The lowest BCUT2D eigenvalue weighted by Gasteiger charge is -2.32. The lowest BCUT2D eigenvalue weighted by Crippen LogP contribution is -2.32. The molecule has 0 spiro atoms. The first kappa shape index (κ1) is 19.0. The Labute approximate surface area is 161 Å². The van der Waals surface area contributed by atoms with Crippen molar-refractivity contribution in [2.45, 2.75) is 39.8 Å². The average molecular weight is 361 g/mol. The Morgan fingerprint density at radius 1 is 0.889 bits per heavy atom. The van der Waals surface area contributed by atoms with Gasteiger partial charge >= 0.3 is 6.09 Å². The van der Waals surface area contributed by atoms with E-state index in [9.17, 15) is 4.79 Å². The molecule has 0 fully saturated rings. The number of rotatable bonds is 4. The van der Waals surface area contributed by atoms with Crippen molar-refractivity contribution in [1.82, 2.24) is 5.32 Å². The van der Waals surface area contributed by atoms with Gasteiger partial charge in [-0.3, -0.25) is 0 Å². The molecule has 3 rings (SSSR count). The van der Waals surface area contributed by atoms with E-state index in [1.54, 1.807) is 0 Å². The van der Waals surface area contributed by atoms with Crippen LogP contribution in [-0.2, 0) is 4.74 Å². The topological polar surface area (TPSA) is 38.3 Å². The zero-order valence-corrected chi connectivity index (χ0v) is 16.4. The van der Waals surface area contributed by atoms with E-state index in [-0.39, 0.29) is 17.6 Å². The Balaban J connectivity index is 1.85. The Kier molecular flexibility index (Phi) is 5.50. The largest absolute Gasteiger partial charge is 0.441 e. The van der Waals surface area contributed by atoms with Crippen LogP contribution in [0.25, 0.3) is 10.8 Å². The van der Waals surface area contributed by atoms with Crippen LogP contribution in [0, 0.1) is 5.41 Å². The minimum Gasteiger partial charge on any atom is -0.441 e. The second-order valence-corrected chi connectivity index (χ2v) is 8.00. The summed E-state index contributed by atoms with van der Waals surface area (Å²) < 4.78 is 5.95. The Morgan fingerprint density at radius 3 is 2.22 bits per heavy atom. The molecule has 0 saturated carbocycles. The quantitative estimate of drug-likeness (QED) is 0.583. The number of hydrogen-bond acceptors (Lipinski definition) is 2. The third-order valence-electron chi connectivity index (χ3n) is 4.75. The van der Waals surface area contributed by atoms with Gasteiger partial charge in [0.2, 0.25) is 0 Å². The zero-order chi connectivity index (χ0) is 19.4. The van der Waals surface area contributed by atoms with Crippen LogP contribution >= 0.6 is 0 Å². The fourth-order valence-electron chi connectivity index (χ4n) is 3.33. The maximum Gasteiger partial charge on any atom is 0.408 e. The van der Waals surface area contributed by atoms with Gasteiger partial charge in [-0.1, -0.05) is 93.6 Å². The first-order valence-corrected chi connectivity index (χ1v) is 9.36. The fraction of sp³-hybridized carbons (Fsp3) is 0.292. The number of hydrogen-bond donors (Lipinski definition) is 1. The molecule has 0 aromatic heterocycles. The van der Waals surface area contributed by atoms with E-state index in [0.717, 1.165) is 21.9 Å². The summed E-state index contributed by atoms with van der Waals surface area (Å²) in [6.45, 7) is 8.23. The molecule has 0 radical (unpaired) electrons. The first-order chi connectivity index (χ1) is 12.9. The molecular weight excluding hydrogens is 334 g/mol. The monoisotopic (exact) mass is 361 g/mol. The predicted molar refractivity (Wildman–Crippen MR) is 111 cm³/mol. The third-order valence-corrected chi connectivity index (χ3v) is 4.75. The summed E-state index contributed by atoms with van der Waals surface area (Å²) in [5, 5.41) is 5.21. The normalized spacial score (nSPS) is 13.8. The molecule has 3 heteroatoms. The molecule has 1 amide bonds. The SMILES string of the molecule is C[C@H](NC(=O)O[C@H](c1cccc2ccccc12)C(C)(C)C)c1ccccc1. The molecule has 0 bridgehead atoms. The van der Waals surface area contributed by atoms with Gasteiger partial charge in [0.05, 0.1) is 6.04 Å². The van der Waals surface area contributed by atoms with E-state index in [1.807, 2.05) is 61.5 Å². The minimum atomic E-state index is -0.404. The molecule has 0 aliphatic rings. The molecule has 3 aromatic carbocycles. The van der Waals surface area contributed by atoms with Crippen molar-refractivity contribution in [3.63, 3.8) is 0 Å². The highest BCUT2D eigenvalue weighted by molar-refractivity contribution is 5.86. The number of carbonyl (C=O) groups is 1. The summed E-state index contributed by atoms with van der Waals surface area (Å²) >= 11 is 0. The Bertz CT molecular complexity index is 907. The molecule has 0 saturated heterocycles. The van der Waals surface area contributed by atoms with Crippen LogP contribution in [0.3, 0.4) is 0 Å². The molecule has 2 atom stereocenters. The summed E-state index contributed by atoms with van der Waals surface area (Å²) in [7, 11) is 0. The van der Waals surface area contributed by atoms with E-state index in [0.29, 0.717) is 0 Å². The number of nitrogens with one attached hydrogen (secondary N) is 1. The number of benzene rings is 3. The van der Waals surface area contributed by atoms with Crippen molar-refractivity contribution >= 4 is 16.9 Å². The molecule has 140 valence electrons. The lowest BCUT2D eigenvalue weighted by atomic mass is 9.83. The number of carbonyl (C=O) groups excluding carboxylic acids is 1. The summed E-state index contributed by atoms with van der Waals surface area (Å²) in [5.74, 6) is 0. The molecule has 3 nitrogen and oxygen atoms in total. The molecular formula is C24H27NO2. The zero-order valence-electron chi connectivity index (χ0n) is 16.4. The maximum absolute atomic E-state index is 12.7. The lowest BCUT2D eigenvalue weighted by molar-refractivity contribution is 0.0297. The van der Waals surface area contributed by atoms with E-state index < -0.39 is 6.09 Å². The highest BCUT2D eigenvalue weighted by Crippen LogP contribution is 2.39. The standard InChI is InChI=1S/C24H27NO2/c1-17(18-11-6-5-7-12-18)25-23(26)27-22(24(2,3)4)21-16-10-14-19-13-8-9-15-20(19)21/h5-17,22H,1-4H3,(H,25,26)/t17-,22+/m0/s1. The predicted octanol–water partition coefficient (Wildman–Crippen LogP) is 6.41. The van der Waals surface area contributed by atoms with Gasteiger partial charge in [-0.15, -0.1) is 0 Å². The number of ether oxygens (including phenoxy) is 1. The molecule has 0 unspecified atom stereocenters. The molecule has 1 N–H and O–H groups in total. The van der Waals surface area contributed by atoms with Crippen LogP contribution in [0.2, 0.25) is 0 Å². The second-order valence-electron chi connectivity index (χ2n) is 8.00. The van der Waals surface area contributed by atoms with Crippen LogP contribution < -0.4 is 5.32 Å². The van der Waals surface area contributed by atoms with E-state index in [4.69, 9.17) is 4.74 Å². The van der Waals surface area contributed by atoms with E-state index >= 15 is 0 Å². The number of fused-ring (bicyclic) bond motifs is 1. The highest BCUT2D eigenvalue weighted by atomic mass is 16.6. The van der Waals surface area contributed by atoms with Gasteiger partial charge in [0.1, 0.15) is 6.10 Å².